The van der Waals surface area contributed by atoms with Crippen molar-refractivity contribution in [1.29, 1.82) is 5.26 Å². The largest absolute Gasteiger partial charge is 0.496 e. The Hall–Kier alpha value is -2.78. The number of rotatable bonds is 10. The van der Waals surface area contributed by atoms with E-state index in [1.165, 1.54) is 0 Å². The van der Waals surface area contributed by atoms with Crippen LogP contribution in [-0.2, 0) is 0 Å². The molecule has 1 aromatic heterocycles. The normalized spacial score (nSPS) is 11.0. The van der Waals surface area contributed by atoms with Crippen LogP contribution in [0.25, 0.3) is 12.2 Å². The van der Waals surface area contributed by atoms with Gasteiger partial charge in [-0.1, -0.05) is 32.0 Å². The van der Waals surface area contributed by atoms with E-state index in [0.717, 1.165) is 43.9 Å². The highest BCUT2D eigenvalue weighted by Gasteiger charge is 2.11. The summed E-state index contributed by atoms with van der Waals surface area (Å²) in [4.78, 5) is 6.57. The van der Waals surface area contributed by atoms with Crippen LogP contribution in [0.2, 0.25) is 0 Å². The molecule has 0 aliphatic rings. The van der Waals surface area contributed by atoms with Crippen LogP contribution < -0.4 is 10.1 Å². The first kappa shape index (κ1) is 19.5. The van der Waals surface area contributed by atoms with Crippen molar-refractivity contribution in [3.05, 3.63) is 41.4 Å². The topological polar surface area (TPSA) is 74.3 Å². The van der Waals surface area contributed by atoms with Crippen LogP contribution in [0.3, 0.4) is 0 Å². The van der Waals surface area contributed by atoms with Crippen LogP contribution in [0.15, 0.2) is 28.7 Å². The fourth-order valence-electron chi connectivity index (χ4n) is 2.61. The third-order valence-electron chi connectivity index (χ3n) is 4.13. The van der Waals surface area contributed by atoms with Gasteiger partial charge in [-0.25, -0.2) is 0 Å². The first-order chi connectivity index (χ1) is 12.7. The van der Waals surface area contributed by atoms with Gasteiger partial charge in [0.05, 0.1) is 7.11 Å². The van der Waals surface area contributed by atoms with Gasteiger partial charge in [-0.3, -0.25) is 0 Å². The van der Waals surface area contributed by atoms with E-state index in [4.69, 9.17) is 9.15 Å². The number of nitrogens with one attached hydrogen (secondary N) is 1. The average molecular weight is 354 g/mol. The van der Waals surface area contributed by atoms with E-state index in [-0.39, 0.29) is 5.69 Å². The summed E-state index contributed by atoms with van der Waals surface area (Å²) in [6, 6.07) is 9.74. The highest BCUT2D eigenvalue weighted by Crippen LogP contribution is 2.22. The predicted octanol–water partition coefficient (Wildman–Crippen LogP) is 3.87. The van der Waals surface area contributed by atoms with E-state index >= 15 is 0 Å². The molecule has 0 fully saturated rings. The molecule has 0 saturated heterocycles. The molecule has 0 aliphatic heterocycles. The summed E-state index contributed by atoms with van der Waals surface area (Å²) >= 11 is 0. The van der Waals surface area contributed by atoms with Crippen molar-refractivity contribution in [3.8, 4) is 11.8 Å². The van der Waals surface area contributed by atoms with Gasteiger partial charge in [0.2, 0.25) is 17.5 Å². The molecule has 1 N–H and O–H groups in total. The van der Waals surface area contributed by atoms with E-state index < -0.39 is 0 Å². The number of nitrogens with zero attached hydrogens (tertiary/aromatic N) is 3. The van der Waals surface area contributed by atoms with Gasteiger partial charge in [0.25, 0.3) is 0 Å². The number of hydrogen-bond donors (Lipinski definition) is 1. The number of aromatic nitrogens is 1. The predicted molar refractivity (Wildman–Crippen MR) is 104 cm³/mol. The zero-order valence-corrected chi connectivity index (χ0v) is 15.7. The second-order valence-electron chi connectivity index (χ2n) is 5.72. The minimum Gasteiger partial charge on any atom is -0.496 e. The van der Waals surface area contributed by atoms with Crippen molar-refractivity contribution in [2.75, 3.05) is 38.6 Å². The monoisotopic (exact) mass is 354 g/mol. The van der Waals surface area contributed by atoms with Crippen molar-refractivity contribution in [3.63, 3.8) is 0 Å². The van der Waals surface area contributed by atoms with Gasteiger partial charge in [-0.15, -0.1) is 0 Å². The van der Waals surface area contributed by atoms with Crippen LogP contribution in [0, 0.1) is 11.3 Å². The number of nitriles is 1. The zero-order valence-electron chi connectivity index (χ0n) is 15.7. The number of oxazole rings is 1. The molecule has 0 atom stereocenters. The van der Waals surface area contributed by atoms with Gasteiger partial charge >= 0.3 is 0 Å². The number of hydrogen-bond acceptors (Lipinski definition) is 6. The number of ether oxygens (including phenoxy) is 1. The highest BCUT2D eigenvalue weighted by atomic mass is 16.5. The maximum Gasteiger partial charge on any atom is 0.232 e. The Kier molecular flexibility index (Phi) is 7.72. The fraction of sp³-hybridized carbons (Fsp3) is 0.400. The summed E-state index contributed by atoms with van der Waals surface area (Å²) in [6.45, 7) is 8.13. The quantitative estimate of drug-likeness (QED) is 0.653. The molecule has 0 bridgehead atoms. The maximum atomic E-state index is 9.26. The lowest BCUT2D eigenvalue weighted by atomic mass is 10.2. The summed E-state index contributed by atoms with van der Waals surface area (Å²) in [5, 5.41) is 12.4. The Morgan fingerprint density at radius 3 is 2.73 bits per heavy atom. The molecule has 1 aromatic carbocycles. The van der Waals surface area contributed by atoms with E-state index in [9.17, 15) is 5.26 Å². The molecule has 0 spiro atoms. The summed E-state index contributed by atoms with van der Waals surface area (Å²) < 4.78 is 11.0. The molecule has 2 rings (SSSR count). The van der Waals surface area contributed by atoms with Gasteiger partial charge in [-0.05, 0) is 38.2 Å². The van der Waals surface area contributed by atoms with E-state index in [0.29, 0.717) is 11.8 Å². The molecular weight excluding hydrogens is 328 g/mol. The fourth-order valence-corrected chi connectivity index (χ4v) is 2.61. The summed E-state index contributed by atoms with van der Waals surface area (Å²) in [6.07, 6.45) is 4.56. The standard InChI is InChI=1S/C20H26N4O2/c1-4-24(5-2)14-8-13-22-20-17(15-21)23-19(26-20)12-11-16-9-6-7-10-18(16)25-3/h6-7,9-12,22H,4-5,8,13-14H2,1-3H3/b12-11+. The second kappa shape index (κ2) is 10.3. The summed E-state index contributed by atoms with van der Waals surface area (Å²) in [5.74, 6) is 1.58. The Morgan fingerprint density at radius 2 is 2.04 bits per heavy atom. The van der Waals surface area contributed by atoms with E-state index in [1.807, 2.05) is 30.3 Å². The van der Waals surface area contributed by atoms with Crippen LogP contribution in [-0.4, -0.2) is 43.2 Å². The van der Waals surface area contributed by atoms with Crippen LogP contribution in [0.4, 0.5) is 5.88 Å². The highest BCUT2D eigenvalue weighted by molar-refractivity contribution is 5.70. The molecule has 0 amide bonds. The Bertz CT molecular complexity index is 757. The maximum absolute atomic E-state index is 9.26. The number of anilines is 1. The second-order valence-corrected chi connectivity index (χ2v) is 5.72. The van der Waals surface area contributed by atoms with E-state index in [1.54, 1.807) is 13.2 Å². The van der Waals surface area contributed by atoms with Crippen molar-refractivity contribution < 1.29 is 9.15 Å². The molecule has 0 aliphatic carbocycles. The number of methoxy groups -OCH3 is 1. The van der Waals surface area contributed by atoms with Crippen LogP contribution in [0.1, 0.15) is 37.4 Å². The average Bonchev–Trinajstić information content (AvgIpc) is 3.08. The van der Waals surface area contributed by atoms with Crippen molar-refractivity contribution in [2.45, 2.75) is 20.3 Å². The smallest absolute Gasteiger partial charge is 0.232 e. The molecule has 26 heavy (non-hydrogen) atoms. The molecule has 2 aromatic rings. The summed E-state index contributed by atoms with van der Waals surface area (Å²) in [5.41, 5.74) is 1.19. The lowest BCUT2D eigenvalue weighted by Gasteiger charge is -2.17. The van der Waals surface area contributed by atoms with Gasteiger partial charge < -0.3 is 19.4 Å². The lowest BCUT2D eigenvalue weighted by molar-refractivity contribution is 0.302. The Morgan fingerprint density at radius 1 is 1.27 bits per heavy atom. The lowest BCUT2D eigenvalue weighted by Crippen LogP contribution is -2.25. The molecule has 138 valence electrons. The van der Waals surface area contributed by atoms with E-state index in [2.05, 4.69) is 35.1 Å². The van der Waals surface area contributed by atoms with Crippen LogP contribution >= 0.6 is 0 Å². The molecule has 0 saturated carbocycles. The minimum absolute atomic E-state index is 0.271. The zero-order chi connectivity index (χ0) is 18.8. The molecule has 0 unspecified atom stereocenters. The van der Waals surface area contributed by atoms with Gasteiger partial charge in [0.15, 0.2) is 0 Å². The minimum atomic E-state index is 0.271. The molecular formula is C20H26N4O2. The van der Waals surface area contributed by atoms with Gasteiger partial charge in [0.1, 0.15) is 11.8 Å². The third-order valence-corrected chi connectivity index (χ3v) is 4.13. The van der Waals surface area contributed by atoms with Crippen LogP contribution in [0.5, 0.6) is 5.75 Å². The third kappa shape index (κ3) is 5.36. The molecule has 1 heterocycles. The molecule has 6 heteroatoms. The summed E-state index contributed by atoms with van der Waals surface area (Å²) in [7, 11) is 1.63. The molecule has 0 radical (unpaired) electrons. The van der Waals surface area contributed by atoms with Crippen molar-refractivity contribution in [2.24, 2.45) is 0 Å². The van der Waals surface area contributed by atoms with Crippen molar-refractivity contribution in [1.82, 2.24) is 9.88 Å². The molecule has 6 nitrogen and oxygen atoms in total. The van der Waals surface area contributed by atoms with Gasteiger partial charge in [0, 0.05) is 18.2 Å². The Labute approximate surface area is 155 Å². The Balaban J connectivity index is 1.99. The van der Waals surface area contributed by atoms with Gasteiger partial charge in [-0.2, -0.15) is 10.2 Å². The first-order valence-corrected chi connectivity index (χ1v) is 8.90. The number of para-hydroxylation sites is 1. The first-order valence-electron chi connectivity index (χ1n) is 8.90. The number of benzene rings is 1. The SMILES string of the molecule is CCN(CC)CCCNc1oc(/C=C/c2ccccc2OC)nc1C#N. The van der Waals surface area contributed by atoms with Crippen molar-refractivity contribution >= 4 is 18.0 Å².